The molecule has 9 heteroatoms. The summed E-state index contributed by atoms with van der Waals surface area (Å²) in [5.74, 6) is -0.428. The number of rotatable bonds is 2. The molecule has 0 atom stereocenters. The molecule has 0 saturated heterocycles. The number of hydrogen-bond acceptors (Lipinski definition) is 5. The van der Waals surface area contributed by atoms with Gasteiger partial charge in [-0.15, -0.1) is 0 Å². The largest absolute Gasteiger partial charge is 0.444 e. The van der Waals surface area contributed by atoms with Crippen molar-refractivity contribution in [3.05, 3.63) is 55.7 Å². The maximum atomic E-state index is 12.4. The molecular weight excluding hydrogens is 368 g/mol. The number of carbonyl (C=O) groups is 1. The van der Waals surface area contributed by atoms with Gasteiger partial charge in [0.2, 0.25) is 0 Å². The summed E-state index contributed by atoms with van der Waals surface area (Å²) in [5, 5.41) is 2.76. The van der Waals surface area contributed by atoms with Crippen molar-refractivity contribution in [3.63, 3.8) is 0 Å². The molecule has 3 heterocycles. The summed E-state index contributed by atoms with van der Waals surface area (Å²) in [7, 11) is 2.87. The molecule has 0 unspecified atom stereocenters. The van der Waals surface area contributed by atoms with Crippen molar-refractivity contribution >= 4 is 38.6 Å². The van der Waals surface area contributed by atoms with E-state index in [0.717, 1.165) is 4.57 Å². The zero-order chi connectivity index (χ0) is 16.7. The van der Waals surface area contributed by atoms with E-state index in [1.807, 2.05) is 0 Å². The quantitative estimate of drug-likeness (QED) is 0.722. The number of fused-ring (bicyclic) bond motifs is 1. The molecule has 0 aliphatic carbocycles. The van der Waals surface area contributed by atoms with Gasteiger partial charge in [0.25, 0.3) is 11.5 Å². The van der Waals surface area contributed by atoms with Gasteiger partial charge < -0.3 is 9.73 Å². The highest BCUT2D eigenvalue weighted by atomic mass is 79.9. The van der Waals surface area contributed by atoms with Gasteiger partial charge in [-0.25, -0.2) is 9.78 Å². The van der Waals surface area contributed by atoms with Crippen LogP contribution in [0.1, 0.15) is 10.6 Å². The lowest BCUT2D eigenvalue weighted by Crippen LogP contribution is -2.37. The van der Waals surface area contributed by atoms with Gasteiger partial charge >= 0.3 is 5.69 Å². The van der Waals surface area contributed by atoms with Crippen LogP contribution in [0.15, 0.2) is 43.1 Å². The van der Waals surface area contributed by atoms with Gasteiger partial charge in [0.15, 0.2) is 16.1 Å². The van der Waals surface area contributed by atoms with Crippen LogP contribution in [0.4, 0.5) is 5.69 Å². The topological polar surface area (TPSA) is 99.1 Å². The van der Waals surface area contributed by atoms with Crippen LogP contribution in [-0.4, -0.2) is 20.0 Å². The SMILES string of the molecule is Cn1c(=O)c2c(NC(=O)c3ccc(Br)o3)ccnc2n(C)c1=O. The Morgan fingerprint density at radius 2 is 1.96 bits per heavy atom. The molecule has 0 aliphatic rings. The summed E-state index contributed by atoms with van der Waals surface area (Å²) in [6.07, 6.45) is 1.41. The summed E-state index contributed by atoms with van der Waals surface area (Å²) in [4.78, 5) is 40.6. The molecule has 3 rings (SSSR count). The van der Waals surface area contributed by atoms with Crippen LogP contribution in [0.25, 0.3) is 11.0 Å². The van der Waals surface area contributed by atoms with Crippen molar-refractivity contribution in [1.29, 1.82) is 0 Å². The van der Waals surface area contributed by atoms with Gasteiger partial charge in [-0.2, -0.15) is 0 Å². The summed E-state index contributed by atoms with van der Waals surface area (Å²) in [6, 6.07) is 4.57. The molecule has 0 aromatic carbocycles. The lowest BCUT2D eigenvalue weighted by Gasteiger charge is -2.10. The molecule has 118 valence electrons. The number of halogens is 1. The van der Waals surface area contributed by atoms with Crippen molar-refractivity contribution in [2.45, 2.75) is 0 Å². The van der Waals surface area contributed by atoms with Crippen molar-refractivity contribution < 1.29 is 9.21 Å². The monoisotopic (exact) mass is 378 g/mol. The Bertz CT molecular complexity index is 1050. The van der Waals surface area contributed by atoms with Crippen LogP contribution < -0.4 is 16.6 Å². The number of aromatic nitrogens is 3. The molecule has 0 saturated carbocycles. The first-order chi connectivity index (χ1) is 10.9. The number of aryl methyl sites for hydroxylation is 1. The third-order valence-corrected chi connectivity index (χ3v) is 3.81. The van der Waals surface area contributed by atoms with Crippen LogP contribution in [0.5, 0.6) is 0 Å². The first kappa shape index (κ1) is 15.2. The third-order valence-electron chi connectivity index (χ3n) is 3.39. The molecule has 23 heavy (non-hydrogen) atoms. The highest BCUT2D eigenvalue weighted by molar-refractivity contribution is 9.10. The Morgan fingerprint density at radius 1 is 1.22 bits per heavy atom. The third kappa shape index (κ3) is 2.48. The Kier molecular flexibility index (Phi) is 3.64. The standard InChI is InChI=1S/C14H11BrN4O4/c1-18-11-10(13(21)19(2)14(18)22)7(5-6-16-11)17-12(20)8-3-4-9(15)23-8/h3-6H,1-2H3,(H,16,17,20). The molecule has 3 aromatic rings. The number of nitrogens with zero attached hydrogens (tertiary/aromatic N) is 3. The summed E-state index contributed by atoms with van der Waals surface area (Å²) >= 11 is 3.12. The zero-order valence-electron chi connectivity index (χ0n) is 12.2. The minimum atomic E-state index is -0.535. The van der Waals surface area contributed by atoms with Gasteiger partial charge in [0.05, 0.1) is 5.69 Å². The fourth-order valence-electron chi connectivity index (χ4n) is 2.21. The van der Waals surface area contributed by atoms with E-state index in [2.05, 4.69) is 26.2 Å². The summed E-state index contributed by atoms with van der Waals surface area (Å²) < 4.78 is 7.80. The van der Waals surface area contributed by atoms with E-state index in [0.29, 0.717) is 4.67 Å². The number of amides is 1. The van der Waals surface area contributed by atoms with E-state index >= 15 is 0 Å². The number of furan rings is 1. The first-order valence-electron chi connectivity index (χ1n) is 6.51. The maximum Gasteiger partial charge on any atom is 0.332 e. The fourth-order valence-corrected chi connectivity index (χ4v) is 2.52. The van der Waals surface area contributed by atoms with E-state index in [1.165, 1.54) is 37.0 Å². The molecule has 0 radical (unpaired) electrons. The molecule has 0 aliphatic heterocycles. The Balaban J connectivity index is 2.17. The minimum Gasteiger partial charge on any atom is -0.444 e. The molecule has 1 N–H and O–H groups in total. The number of carbonyl (C=O) groups excluding carboxylic acids is 1. The average Bonchev–Trinajstić information content (AvgIpc) is 2.97. The zero-order valence-corrected chi connectivity index (χ0v) is 13.7. The number of anilines is 1. The second-order valence-corrected chi connectivity index (χ2v) is 5.60. The predicted molar refractivity (Wildman–Crippen MR) is 86.6 cm³/mol. The summed E-state index contributed by atoms with van der Waals surface area (Å²) in [5.41, 5.74) is -0.583. The van der Waals surface area contributed by atoms with Gasteiger partial charge in [-0.05, 0) is 34.1 Å². The second kappa shape index (κ2) is 5.51. The Morgan fingerprint density at radius 3 is 2.61 bits per heavy atom. The van der Waals surface area contributed by atoms with Crippen LogP contribution in [0.3, 0.4) is 0 Å². The molecular formula is C14H11BrN4O4. The Labute approximate surface area is 137 Å². The molecule has 3 aromatic heterocycles. The smallest absolute Gasteiger partial charge is 0.332 e. The van der Waals surface area contributed by atoms with Crippen LogP contribution in [0, 0.1) is 0 Å². The van der Waals surface area contributed by atoms with E-state index in [9.17, 15) is 14.4 Å². The predicted octanol–water partition coefficient (Wildman–Crippen LogP) is 1.24. The Hall–Kier alpha value is -2.68. The molecule has 0 bridgehead atoms. The van der Waals surface area contributed by atoms with Gasteiger partial charge in [-0.1, -0.05) is 0 Å². The molecule has 1 amide bonds. The lowest BCUT2D eigenvalue weighted by molar-refractivity contribution is 0.0995. The molecule has 8 nitrogen and oxygen atoms in total. The van der Waals surface area contributed by atoms with Crippen LogP contribution >= 0.6 is 15.9 Å². The maximum absolute atomic E-state index is 12.4. The highest BCUT2D eigenvalue weighted by Crippen LogP contribution is 2.19. The normalized spacial score (nSPS) is 10.9. The van der Waals surface area contributed by atoms with Crippen LogP contribution in [-0.2, 0) is 14.1 Å². The minimum absolute atomic E-state index is 0.0866. The molecule has 0 fully saturated rings. The van der Waals surface area contributed by atoms with E-state index in [-0.39, 0.29) is 22.5 Å². The number of nitrogens with one attached hydrogen (secondary N) is 1. The van der Waals surface area contributed by atoms with E-state index in [4.69, 9.17) is 4.42 Å². The van der Waals surface area contributed by atoms with Crippen molar-refractivity contribution in [3.8, 4) is 0 Å². The number of hydrogen-bond donors (Lipinski definition) is 1. The fraction of sp³-hybridized carbons (Fsp3) is 0.143. The lowest BCUT2D eigenvalue weighted by atomic mass is 10.2. The van der Waals surface area contributed by atoms with Crippen molar-refractivity contribution in [2.75, 3.05) is 5.32 Å². The van der Waals surface area contributed by atoms with E-state index in [1.54, 1.807) is 6.07 Å². The summed E-state index contributed by atoms with van der Waals surface area (Å²) in [6.45, 7) is 0. The van der Waals surface area contributed by atoms with Crippen molar-refractivity contribution in [1.82, 2.24) is 14.1 Å². The molecule has 0 spiro atoms. The van der Waals surface area contributed by atoms with Gasteiger partial charge in [0, 0.05) is 20.3 Å². The average molecular weight is 379 g/mol. The highest BCUT2D eigenvalue weighted by Gasteiger charge is 2.17. The van der Waals surface area contributed by atoms with Crippen molar-refractivity contribution in [2.24, 2.45) is 14.1 Å². The first-order valence-corrected chi connectivity index (χ1v) is 7.31. The van der Waals surface area contributed by atoms with Gasteiger partial charge in [0.1, 0.15) is 5.39 Å². The van der Waals surface area contributed by atoms with E-state index < -0.39 is 17.2 Å². The van der Waals surface area contributed by atoms with Gasteiger partial charge in [-0.3, -0.25) is 18.7 Å². The second-order valence-electron chi connectivity index (χ2n) is 4.82. The van der Waals surface area contributed by atoms with Crippen LogP contribution in [0.2, 0.25) is 0 Å². The number of pyridine rings is 1.